The summed E-state index contributed by atoms with van der Waals surface area (Å²) >= 11 is 0. The molecule has 1 aromatic heterocycles. The average Bonchev–Trinajstić information content (AvgIpc) is 3.25. The van der Waals surface area contributed by atoms with Gasteiger partial charge in [-0.05, 0) is 37.5 Å². The van der Waals surface area contributed by atoms with Crippen LogP contribution in [-0.2, 0) is 16.0 Å². The molecule has 2 rings (SSSR count). The van der Waals surface area contributed by atoms with E-state index >= 15 is 0 Å². The Kier molecular flexibility index (Phi) is 5.76. The first-order valence-electron chi connectivity index (χ1n) is 7.18. The molecule has 20 heavy (non-hydrogen) atoms. The van der Waals surface area contributed by atoms with Crippen LogP contribution < -0.4 is 10.6 Å². The molecule has 1 aliphatic carbocycles. The maximum atomic E-state index is 5.33. The molecule has 0 saturated heterocycles. The fraction of sp³-hybridized carbons (Fsp3) is 0.667. The third kappa shape index (κ3) is 5.07. The molecule has 2 N–H and O–H groups in total. The summed E-state index contributed by atoms with van der Waals surface area (Å²) in [6.45, 7) is 4.20. The van der Waals surface area contributed by atoms with E-state index in [2.05, 4.69) is 27.8 Å². The molecule has 1 heterocycles. The number of rotatable bonds is 9. The monoisotopic (exact) mass is 279 g/mol. The molecule has 0 aliphatic heterocycles. The van der Waals surface area contributed by atoms with Gasteiger partial charge in [-0.25, -0.2) is 4.98 Å². The highest BCUT2D eigenvalue weighted by Gasteiger charge is 2.20. The maximum absolute atomic E-state index is 5.33. The van der Waals surface area contributed by atoms with Crippen LogP contribution >= 0.6 is 0 Å². The zero-order valence-corrected chi connectivity index (χ0v) is 12.6. The van der Waals surface area contributed by atoms with Gasteiger partial charge in [0.2, 0.25) is 0 Å². The minimum Gasteiger partial charge on any atom is -0.382 e. The molecule has 5 heteroatoms. The van der Waals surface area contributed by atoms with Crippen molar-refractivity contribution in [3.63, 3.8) is 0 Å². The summed E-state index contributed by atoms with van der Waals surface area (Å²) in [5.74, 6) is 0.899. The van der Waals surface area contributed by atoms with Gasteiger partial charge in [0.05, 0.1) is 12.7 Å². The van der Waals surface area contributed by atoms with Gasteiger partial charge in [0.25, 0.3) is 0 Å². The second-order valence-corrected chi connectivity index (χ2v) is 5.35. The topological polar surface area (TPSA) is 55.4 Å². The highest BCUT2D eigenvalue weighted by molar-refractivity contribution is 5.39. The fourth-order valence-electron chi connectivity index (χ4n) is 2.10. The zero-order valence-electron chi connectivity index (χ0n) is 12.6. The largest absolute Gasteiger partial charge is 0.382 e. The number of anilines is 1. The van der Waals surface area contributed by atoms with E-state index in [0.29, 0.717) is 13.2 Å². The predicted molar refractivity (Wildman–Crippen MR) is 80.0 cm³/mol. The first kappa shape index (κ1) is 15.2. The summed E-state index contributed by atoms with van der Waals surface area (Å²) in [5.41, 5.74) is 2.30. The Morgan fingerprint density at radius 3 is 2.80 bits per heavy atom. The molecule has 1 atom stereocenters. The van der Waals surface area contributed by atoms with E-state index in [9.17, 15) is 0 Å². The average molecular weight is 279 g/mol. The van der Waals surface area contributed by atoms with Crippen molar-refractivity contribution in [2.75, 3.05) is 32.7 Å². The van der Waals surface area contributed by atoms with Crippen molar-refractivity contribution in [2.24, 2.45) is 0 Å². The third-order valence-electron chi connectivity index (χ3n) is 3.38. The van der Waals surface area contributed by atoms with Gasteiger partial charge < -0.3 is 20.1 Å². The highest BCUT2D eigenvalue weighted by atomic mass is 16.5. The lowest BCUT2D eigenvalue weighted by Crippen LogP contribution is -2.27. The highest BCUT2D eigenvalue weighted by Crippen LogP contribution is 2.20. The number of nitrogens with zero attached hydrogens (tertiary/aromatic N) is 1. The van der Waals surface area contributed by atoms with Crippen LogP contribution in [0.1, 0.15) is 24.1 Å². The molecule has 0 aromatic carbocycles. The molecular formula is C15H25N3O2. The van der Waals surface area contributed by atoms with Crippen molar-refractivity contribution < 1.29 is 9.47 Å². The zero-order chi connectivity index (χ0) is 14.4. The van der Waals surface area contributed by atoms with E-state index in [1.165, 1.54) is 18.4 Å². The van der Waals surface area contributed by atoms with Crippen LogP contribution in [0.4, 0.5) is 5.82 Å². The van der Waals surface area contributed by atoms with Crippen molar-refractivity contribution in [1.82, 2.24) is 10.3 Å². The molecule has 1 unspecified atom stereocenters. The van der Waals surface area contributed by atoms with Crippen molar-refractivity contribution in [3.8, 4) is 0 Å². The van der Waals surface area contributed by atoms with Crippen LogP contribution in [0, 0.1) is 6.92 Å². The summed E-state index contributed by atoms with van der Waals surface area (Å²) in [4.78, 5) is 4.51. The minimum atomic E-state index is 0.0374. The summed E-state index contributed by atoms with van der Waals surface area (Å²) in [6.07, 6.45) is 2.65. The van der Waals surface area contributed by atoms with E-state index in [-0.39, 0.29) is 6.10 Å². The predicted octanol–water partition coefficient (Wildman–Crippen LogP) is 1.72. The summed E-state index contributed by atoms with van der Waals surface area (Å²) in [5, 5.41) is 6.84. The van der Waals surface area contributed by atoms with Gasteiger partial charge >= 0.3 is 0 Å². The van der Waals surface area contributed by atoms with E-state index in [1.807, 2.05) is 6.92 Å². The second kappa shape index (κ2) is 7.57. The van der Waals surface area contributed by atoms with Crippen molar-refractivity contribution in [2.45, 2.75) is 38.5 Å². The van der Waals surface area contributed by atoms with Crippen LogP contribution in [0.5, 0.6) is 0 Å². The first-order valence-corrected chi connectivity index (χ1v) is 7.18. The number of pyridine rings is 1. The summed E-state index contributed by atoms with van der Waals surface area (Å²) < 4.78 is 10.4. The number of hydrogen-bond acceptors (Lipinski definition) is 5. The number of hydrogen-bond donors (Lipinski definition) is 2. The molecule has 1 fully saturated rings. The number of methoxy groups -OCH3 is 2. The van der Waals surface area contributed by atoms with Gasteiger partial charge in [-0.3, -0.25) is 0 Å². The van der Waals surface area contributed by atoms with Gasteiger partial charge in [-0.1, -0.05) is 0 Å². The smallest absolute Gasteiger partial charge is 0.126 e. The number of aromatic nitrogens is 1. The lowest BCUT2D eigenvalue weighted by molar-refractivity contribution is 0.0365. The van der Waals surface area contributed by atoms with Gasteiger partial charge in [-0.15, -0.1) is 0 Å². The Balaban J connectivity index is 1.88. The molecule has 1 aliphatic rings. The number of nitrogens with one attached hydrogen (secondary N) is 2. The Bertz CT molecular complexity index is 422. The fourth-order valence-corrected chi connectivity index (χ4v) is 2.10. The van der Waals surface area contributed by atoms with Crippen molar-refractivity contribution in [1.29, 1.82) is 0 Å². The van der Waals surface area contributed by atoms with Gasteiger partial charge in [0.1, 0.15) is 5.82 Å². The number of aryl methyl sites for hydroxylation is 1. The van der Waals surface area contributed by atoms with Crippen molar-refractivity contribution in [3.05, 3.63) is 23.4 Å². The molecule has 0 radical (unpaired) electrons. The van der Waals surface area contributed by atoms with E-state index < -0.39 is 0 Å². The van der Waals surface area contributed by atoms with E-state index in [0.717, 1.165) is 24.1 Å². The van der Waals surface area contributed by atoms with Crippen LogP contribution in [0.25, 0.3) is 0 Å². The molecule has 0 amide bonds. The summed E-state index contributed by atoms with van der Waals surface area (Å²) in [7, 11) is 3.37. The lowest BCUT2D eigenvalue weighted by Gasteiger charge is -2.16. The number of ether oxygens (including phenoxy) is 2. The Morgan fingerprint density at radius 2 is 2.15 bits per heavy atom. The van der Waals surface area contributed by atoms with Crippen LogP contribution in [0.3, 0.4) is 0 Å². The molecule has 1 aromatic rings. The van der Waals surface area contributed by atoms with Crippen LogP contribution in [-0.4, -0.2) is 44.5 Å². The van der Waals surface area contributed by atoms with E-state index in [4.69, 9.17) is 9.47 Å². The molecule has 1 saturated carbocycles. The quantitative estimate of drug-likeness (QED) is 0.721. The SMILES string of the molecule is COCC(CNc1cc(CNC2CC2)cc(C)n1)OC. The molecule has 0 bridgehead atoms. The van der Waals surface area contributed by atoms with Gasteiger partial charge in [0, 0.05) is 39.0 Å². The van der Waals surface area contributed by atoms with Crippen molar-refractivity contribution >= 4 is 5.82 Å². The lowest BCUT2D eigenvalue weighted by atomic mass is 10.2. The maximum Gasteiger partial charge on any atom is 0.126 e. The second-order valence-electron chi connectivity index (χ2n) is 5.35. The molecule has 0 spiro atoms. The molecular weight excluding hydrogens is 254 g/mol. The van der Waals surface area contributed by atoms with Crippen LogP contribution in [0.15, 0.2) is 12.1 Å². The third-order valence-corrected chi connectivity index (χ3v) is 3.38. The normalized spacial score (nSPS) is 16.1. The Hall–Kier alpha value is -1.17. The Labute approximate surface area is 121 Å². The van der Waals surface area contributed by atoms with Crippen LogP contribution in [0.2, 0.25) is 0 Å². The first-order chi connectivity index (χ1) is 9.71. The Morgan fingerprint density at radius 1 is 1.35 bits per heavy atom. The van der Waals surface area contributed by atoms with Gasteiger partial charge in [0.15, 0.2) is 0 Å². The minimum absolute atomic E-state index is 0.0374. The summed E-state index contributed by atoms with van der Waals surface area (Å²) in [6, 6.07) is 4.95. The molecule has 5 nitrogen and oxygen atoms in total. The van der Waals surface area contributed by atoms with E-state index in [1.54, 1.807) is 14.2 Å². The standard InChI is InChI=1S/C15H25N3O2/c1-11-6-12(8-16-13-4-5-13)7-15(18-11)17-9-14(20-3)10-19-2/h6-7,13-14,16H,4-5,8-10H2,1-3H3,(H,17,18). The van der Waals surface area contributed by atoms with Gasteiger partial charge in [-0.2, -0.15) is 0 Å². The molecule has 112 valence electrons.